The minimum absolute atomic E-state index is 0. The number of hydrogen-bond donors (Lipinski definition) is 1. The quantitative estimate of drug-likeness (QED) is 0.764. The maximum atomic E-state index is 12.8. The minimum atomic E-state index is -3.40. The van der Waals surface area contributed by atoms with Gasteiger partial charge >= 0.3 is 0 Å². The van der Waals surface area contributed by atoms with Crippen LogP contribution in [0.3, 0.4) is 0 Å². The number of halogens is 1. The Morgan fingerprint density at radius 3 is 2.27 bits per heavy atom. The van der Waals surface area contributed by atoms with Crippen LogP contribution in [0.1, 0.15) is 26.7 Å². The zero-order valence-corrected chi connectivity index (χ0v) is 14.8. The van der Waals surface area contributed by atoms with E-state index in [0.717, 1.165) is 0 Å². The Hall–Kier alpha value is 0.0400. The summed E-state index contributed by atoms with van der Waals surface area (Å²) in [6, 6.07) is 0.143. The molecule has 0 aliphatic carbocycles. The highest BCUT2D eigenvalue weighted by atomic mass is 35.5. The highest BCUT2D eigenvalue weighted by Gasteiger charge is 2.45. The number of piperazine rings is 1. The van der Waals surface area contributed by atoms with Gasteiger partial charge in [-0.05, 0) is 13.8 Å². The normalized spacial score (nSPS) is 33.7. The van der Waals surface area contributed by atoms with Gasteiger partial charge in [-0.3, -0.25) is 0 Å². The lowest BCUT2D eigenvalue weighted by molar-refractivity contribution is -0.179. The van der Waals surface area contributed by atoms with E-state index >= 15 is 0 Å². The van der Waals surface area contributed by atoms with E-state index in [1.54, 1.807) is 8.61 Å². The third-order valence-corrected chi connectivity index (χ3v) is 7.02. The standard InChI is InChI=1S/C13H25N3O4S.ClH/c1-11-12(2)16(8-5-14-11)21(17,18)15-6-3-13(4-7-15)19-9-10-20-13;/h11-12,14H,3-10H2,1-2H3;1H. The van der Waals surface area contributed by atoms with Crippen molar-refractivity contribution in [2.45, 2.75) is 44.6 Å². The molecule has 3 saturated heterocycles. The van der Waals surface area contributed by atoms with Crippen LogP contribution in [-0.2, 0) is 19.7 Å². The van der Waals surface area contributed by atoms with Gasteiger partial charge < -0.3 is 14.8 Å². The van der Waals surface area contributed by atoms with Gasteiger partial charge in [-0.1, -0.05) is 0 Å². The zero-order valence-electron chi connectivity index (χ0n) is 13.2. The molecule has 1 N–H and O–H groups in total. The Morgan fingerprint density at radius 2 is 1.68 bits per heavy atom. The molecule has 7 nitrogen and oxygen atoms in total. The SMILES string of the molecule is CC1NCCN(S(=O)(=O)N2CCC3(CC2)OCCO3)C1C.Cl. The molecule has 3 rings (SSSR count). The van der Waals surface area contributed by atoms with Crippen molar-refractivity contribution in [2.24, 2.45) is 0 Å². The fourth-order valence-electron chi connectivity index (χ4n) is 3.34. The molecule has 3 fully saturated rings. The van der Waals surface area contributed by atoms with Gasteiger partial charge in [0.2, 0.25) is 0 Å². The smallest absolute Gasteiger partial charge is 0.282 e. The van der Waals surface area contributed by atoms with E-state index in [-0.39, 0.29) is 24.5 Å². The van der Waals surface area contributed by atoms with E-state index in [1.165, 1.54) is 0 Å². The molecule has 2 atom stereocenters. The lowest BCUT2D eigenvalue weighted by atomic mass is 10.1. The fourth-order valence-corrected chi connectivity index (χ4v) is 5.21. The first-order valence-electron chi connectivity index (χ1n) is 7.73. The van der Waals surface area contributed by atoms with Crippen molar-refractivity contribution in [3.05, 3.63) is 0 Å². The third kappa shape index (κ3) is 3.28. The lowest BCUT2D eigenvalue weighted by Crippen LogP contribution is -2.61. The maximum Gasteiger partial charge on any atom is 0.282 e. The van der Waals surface area contributed by atoms with Gasteiger partial charge in [0, 0.05) is 51.1 Å². The first kappa shape index (κ1) is 18.4. The molecular formula is C13H26ClN3O4S. The number of nitrogens with zero attached hydrogens (tertiary/aromatic N) is 2. The summed E-state index contributed by atoms with van der Waals surface area (Å²) in [7, 11) is -3.40. The Labute approximate surface area is 138 Å². The molecule has 0 aromatic heterocycles. The van der Waals surface area contributed by atoms with Crippen LogP contribution in [0.5, 0.6) is 0 Å². The average molecular weight is 356 g/mol. The molecule has 0 saturated carbocycles. The van der Waals surface area contributed by atoms with Crippen molar-refractivity contribution in [2.75, 3.05) is 39.4 Å². The molecule has 9 heteroatoms. The summed E-state index contributed by atoms with van der Waals surface area (Å²) in [5.41, 5.74) is 0. The average Bonchev–Trinajstić information content (AvgIpc) is 2.90. The topological polar surface area (TPSA) is 71.1 Å². The number of rotatable bonds is 2. The molecule has 0 aromatic rings. The van der Waals surface area contributed by atoms with Crippen LogP contribution in [0, 0.1) is 0 Å². The van der Waals surface area contributed by atoms with E-state index in [4.69, 9.17) is 9.47 Å². The summed E-state index contributed by atoms with van der Waals surface area (Å²) >= 11 is 0. The lowest BCUT2D eigenvalue weighted by Gasteiger charge is -2.43. The van der Waals surface area contributed by atoms with Crippen molar-refractivity contribution in [1.29, 1.82) is 0 Å². The van der Waals surface area contributed by atoms with Gasteiger partial charge in [0.15, 0.2) is 5.79 Å². The molecule has 0 amide bonds. The van der Waals surface area contributed by atoms with Crippen LogP contribution in [0.4, 0.5) is 0 Å². The predicted octanol–water partition coefficient (Wildman–Crippen LogP) is 0.174. The summed E-state index contributed by atoms with van der Waals surface area (Å²) in [4.78, 5) is 0. The van der Waals surface area contributed by atoms with Crippen molar-refractivity contribution < 1.29 is 17.9 Å². The Bertz CT molecular complexity index is 474. The highest BCUT2D eigenvalue weighted by Crippen LogP contribution is 2.33. The number of ether oxygens (including phenoxy) is 2. The third-order valence-electron chi connectivity index (χ3n) is 4.90. The highest BCUT2D eigenvalue weighted by molar-refractivity contribution is 7.86. The van der Waals surface area contributed by atoms with Crippen molar-refractivity contribution in [3.63, 3.8) is 0 Å². The van der Waals surface area contributed by atoms with E-state index in [2.05, 4.69) is 5.32 Å². The van der Waals surface area contributed by atoms with Gasteiger partial charge in [0.1, 0.15) is 0 Å². The van der Waals surface area contributed by atoms with Crippen molar-refractivity contribution in [3.8, 4) is 0 Å². The van der Waals surface area contributed by atoms with Crippen LogP contribution < -0.4 is 5.32 Å². The summed E-state index contributed by atoms with van der Waals surface area (Å²) in [6.45, 7) is 7.37. The zero-order chi connectivity index (χ0) is 15.1. The van der Waals surface area contributed by atoms with Crippen LogP contribution in [0.2, 0.25) is 0 Å². The van der Waals surface area contributed by atoms with Crippen LogP contribution in [0.25, 0.3) is 0 Å². The fraction of sp³-hybridized carbons (Fsp3) is 1.00. The van der Waals surface area contributed by atoms with Gasteiger partial charge in [0.05, 0.1) is 13.2 Å². The maximum absolute atomic E-state index is 12.8. The monoisotopic (exact) mass is 355 g/mol. The Morgan fingerprint density at radius 1 is 1.09 bits per heavy atom. The Balaban J connectivity index is 0.00000176. The second-order valence-corrected chi connectivity index (χ2v) is 7.99. The van der Waals surface area contributed by atoms with Gasteiger partial charge in [-0.25, -0.2) is 0 Å². The van der Waals surface area contributed by atoms with Crippen molar-refractivity contribution in [1.82, 2.24) is 13.9 Å². The molecule has 2 unspecified atom stereocenters. The Kier molecular flexibility index (Phi) is 5.75. The molecule has 0 aromatic carbocycles. The number of piperidine rings is 1. The summed E-state index contributed by atoms with van der Waals surface area (Å²) in [5, 5.41) is 3.31. The molecule has 0 radical (unpaired) electrons. The van der Waals surface area contributed by atoms with E-state index in [1.807, 2.05) is 13.8 Å². The summed E-state index contributed by atoms with van der Waals surface area (Å²) < 4.78 is 40.2. The summed E-state index contributed by atoms with van der Waals surface area (Å²) in [5.74, 6) is -0.533. The number of nitrogens with one attached hydrogen (secondary N) is 1. The van der Waals surface area contributed by atoms with E-state index in [9.17, 15) is 8.42 Å². The number of hydrogen-bond acceptors (Lipinski definition) is 5. The summed E-state index contributed by atoms with van der Waals surface area (Å²) in [6.07, 6.45) is 1.23. The first-order valence-corrected chi connectivity index (χ1v) is 9.13. The van der Waals surface area contributed by atoms with E-state index < -0.39 is 16.0 Å². The van der Waals surface area contributed by atoms with Crippen LogP contribution >= 0.6 is 12.4 Å². The van der Waals surface area contributed by atoms with Gasteiger partial charge in [-0.15, -0.1) is 12.4 Å². The van der Waals surface area contributed by atoms with Crippen LogP contribution in [0.15, 0.2) is 0 Å². The minimum Gasteiger partial charge on any atom is -0.347 e. The molecule has 22 heavy (non-hydrogen) atoms. The molecular weight excluding hydrogens is 330 g/mol. The molecule has 3 aliphatic rings. The van der Waals surface area contributed by atoms with Gasteiger partial charge in [0.25, 0.3) is 10.2 Å². The largest absolute Gasteiger partial charge is 0.347 e. The van der Waals surface area contributed by atoms with Crippen LogP contribution in [-0.4, -0.2) is 74.3 Å². The molecule has 130 valence electrons. The van der Waals surface area contributed by atoms with Gasteiger partial charge in [-0.2, -0.15) is 17.0 Å². The van der Waals surface area contributed by atoms with E-state index in [0.29, 0.717) is 52.2 Å². The van der Waals surface area contributed by atoms with Crippen molar-refractivity contribution >= 4 is 22.6 Å². The molecule has 3 heterocycles. The molecule has 0 bridgehead atoms. The first-order chi connectivity index (χ1) is 9.95. The predicted molar refractivity (Wildman–Crippen MR) is 85.2 cm³/mol. The molecule has 1 spiro atoms. The molecule has 3 aliphatic heterocycles. The second kappa shape index (κ2) is 6.88. The second-order valence-electron chi connectivity index (χ2n) is 6.11.